The van der Waals surface area contributed by atoms with Gasteiger partial charge in [0, 0.05) is 24.9 Å². The highest BCUT2D eigenvalue weighted by Gasteiger charge is 2.25. The van der Waals surface area contributed by atoms with Gasteiger partial charge in [-0.05, 0) is 45.0 Å². The first-order valence-electron chi connectivity index (χ1n) is 9.53. The van der Waals surface area contributed by atoms with E-state index < -0.39 is 0 Å². The van der Waals surface area contributed by atoms with Crippen LogP contribution < -0.4 is 24.8 Å². The van der Waals surface area contributed by atoms with Gasteiger partial charge in [-0.15, -0.1) is 0 Å². The Morgan fingerprint density at radius 3 is 2.59 bits per heavy atom. The van der Waals surface area contributed by atoms with Crippen LogP contribution in [0.5, 0.6) is 17.4 Å². The Hall–Kier alpha value is -2.70. The van der Waals surface area contributed by atoms with Gasteiger partial charge in [0.1, 0.15) is 30.1 Å². The van der Waals surface area contributed by atoms with Crippen LogP contribution in [0.3, 0.4) is 0 Å². The maximum absolute atomic E-state index is 6.08. The van der Waals surface area contributed by atoms with Gasteiger partial charge in [0.15, 0.2) is 5.75 Å². The third kappa shape index (κ3) is 4.18. The molecule has 0 spiro atoms. The zero-order valence-electron chi connectivity index (χ0n) is 16.0. The van der Waals surface area contributed by atoms with Crippen LogP contribution in [0.25, 0.3) is 0 Å². The van der Waals surface area contributed by atoms with Crippen molar-refractivity contribution in [3.8, 4) is 17.4 Å². The highest BCUT2D eigenvalue weighted by molar-refractivity contribution is 5.46. The molecule has 144 valence electrons. The molecule has 2 N–H and O–H groups in total. The van der Waals surface area contributed by atoms with E-state index in [9.17, 15) is 0 Å². The average Bonchev–Trinajstić information content (AvgIpc) is 3.08. The molecule has 4 rings (SSSR count). The Kier molecular flexibility index (Phi) is 4.92. The van der Waals surface area contributed by atoms with Crippen LogP contribution >= 0.6 is 0 Å². The Morgan fingerprint density at radius 1 is 1.00 bits per heavy atom. The second-order valence-corrected chi connectivity index (χ2v) is 7.37. The molecule has 2 unspecified atom stereocenters. The van der Waals surface area contributed by atoms with E-state index >= 15 is 0 Å². The summed E-state index contributed by atoms with van der Waals surface area (Å²) < 4.78 is 17.4. The molecule has 0 aromatic carbocycles. The van der Waals surface area contributed by atoms with Crippen molar-refractivity contribution < 1.29 is 14.2 Å². The molecule has 2 atom stereocenters. The lowest BCUT2D eigenvalue weighted by molar-refractivity contribution is 0.0767. The molecular weight excluding hydrogens is 344 g/mol. The molecule has 0 amide bonds. The molecule has 0 saturated carbocycles. The highest BCUT2D eigenvalue weighted by atomic mass is 16.6. The van der Waals surface area contributed by atoms with Gasteiger partial charge in [-0.1, -0.05) is 0 Å². The van der Waals surface area contributed by atoms with Crippen molar-refractivity contribution in [3.63, 3.8) is 0 Å². The van der Waals surface area contributed by atoms with E-state index in [-0.39, 0.29) is 12.1 Å². The molecule has 2 aromatic heterocycles. The predicted molar refractivity (Wildman–Crippen MR) is 104 cm³/mol. The van der Waals surface area contributed by atoms with Crippen LogP contribution in [-0.4, -0.2) is 41.4 Å². The van der Waals surface area contributed by atoms with Crippen LogP contribution in [-0.2, 0) is 6.42 Å². The van der Waals surface area contributed by atoms with E-state index in [0.29, 0.717) is 30.9 Å². The number of nitrogens with one attached hydrogen (secondary N) is 2. The molecule has 2 aliphatic heterocycles. The van der Waals surface area contributed by atoms with E-state index in [0.717, 1.165) is 35.9 Å². The summed E-state index contributed by atoms with van der Waals surface area (Å²) in [5.74, 6) is 3.80. The third-order valence-corrected chi connectivity index (χ3v) is 4.50. The van der Waals surface area contributed by atoms with E-state index in [1.807, 2.05) is 24.3 Å². The van der Waals surface area contributed by atoms with Crippen LogP contribution in [0.1, 0.15) is 32.9 Å². The summed E-state index contributed by atoms with van der Waals surface area (Å²) in [6, 6.07) is 8.25. The fourth-order valence-electron chi connectivity index (χ4n) is 3.33. The molecule has 2 aliphatic rings. The SMILES string of the molecule is CC(C)Nc1ccc2c(n1)OC(CC(C)Nc1ccc3c(n1)CCO3)CO2. The van der Waals surface area contributed by atoms with Crippen molar-refractivity contribution >= 4 is 11.6 Å². The highest BCUT2D eigenvalue weighted by Crippen LogP contribution is 2.32. The van der Waals surface area contributed by atoms with E-state index in [4.69, 9.17) is 14.2 Å². The number of ether oxygens (including phenoxy) is 3. The first-order valence-corrected chi connectivity index (χ1v) is 9.53. The van der Waals surface area contributed by atoms with Gasteiger partial charge in [0.05, 0.1) is 12.3 Å². The van der Waals surface area contributed by atoms with Crippen molar-refractivity contribution in [3.05, 3.63) is 30.0 Å². The summed E-state index contributed by atoms with van der Waals surface area (Å²) in [4.78, 5) is 9.16. The fourth-order valence-corrected chi connectivity index (χ4v) is 3.33. The number of aromatic nitrogens is 2. The Labute approximate surface area is 159 Å². The topological polar surface area (TPSA) is 77.5 Å². The molecule has 0 bridgehead atoms. The quantitative estimate of drug-likeness (QED) is 0.808. The molecule has 0 saturated heterocycles. The number of pyridine rings is 2. The van der Waals surface area contributed by atoms with Crippen molar-refractivity contribution in [2.75, 3.05) is 23.8 Å². The van der Waals surface area contributed by atoms with Gasteiger partial charge in [0.25, 0.3) is 5.88 Å². The molecule has 27 heavy (non-hydrogen) atoms. The Morgan fingerprint density at radius 2 is 1.78 bits per heavy atom. The number of fused-ring (bicyclic) bond motifs is 2. The summed E-state index contributed by atoms with van der Waals surface area (Å²) in [6.07, 6.45) is 1.60. The second kappa shape index (κ2) is 7.50. The number of anilines is 2. The second-order valence-electron chi connectivity index (χ2n) is 7.37. The first-order chi connectivity index (χ1) is 13.1. The zero-order chi connectivity index (χ0) is 18.8. The monoisotopic (exact) mass is 370 g/mol. The van der Waals surface area contributed by atoms with Crippen LogP contribution in [0.4, 0.5) is 11.6 Å². The Bertz CT molecular complexity index is 812. The van der Waals surface area contributed by atoms with E-state index in [2.05, 4.69) is 41.4 Å². The van der Waals surface area contributed by atoms with Crippen molar-refractivity contribution in [1.29, 1.82) is 0 Å². The van der Waals surface area contributed by atoms with Crippen LogP contribution in [0.2, 0.25) is 0 Å². The lowest BCUT2D eigenvalue weighted by Gasteiger charge is -2.28. The number of hydrogen-bond donors (Lipinski definition) is 2. The summed E-state index contributed by atoms with van der Waals surface area (Å²) in [5.41, 5.74) is 1.02. The van der Waals surface area contributed by atoms with Crippen LogP contribution in [0.15, 0.2) is 24.3 Å². The summed E-state index contributed by atoms with van der Waals surface area (Å²) in [7, 11) is 0. The molecule has 0 radical (unpaired) electrons. The van der Waals surface area contributed by atoms with Crippen molar-refractivity contribution in [2.24, 2.45) is 0 Å². The number of hydrogen-bond acceptors (Lipinski definition) is 7. The fraction of sp³-hybridized carbons (Fsp3) is 0.500. The predicted octanol–water partition coefficient (Wildman–Crippen LogP) is 3.26. The molecule has 7 heteroatoms. The lowest BCUT2D eigenvalue weighted by Crippen LogP contribution is -2.34. The minimum atomic E-state index is -0.0560. The maximum Gasteiger partial charge on any atom is 0.259 e. The molecule has 4 heterocycles. The minimum absolute atomic E-state index is 0.0560. The zero-order valence-corrected chi connectivity index (χ0v) is 16.0. The molecule has 0 aliphatic carbocycles. The molecular formula is C20H26N4O3. The van der Waals surface area contributed by atoms with Gasteiger partial charge < -0.3 is 24.8 Å². The smallest absolute Gasteiger partial charge is 0.259 e. The minimum Gasteiger partial charge on any atom is -0.491 e. The lowest BCUT2D eigenvalue weighted by atomic mass is 10.1. The van der Waals surface area contributed by atoms with E-state index in [1.165, 1.54) is 0 Å². The standard InChI is InChI=1S/C20H26N4O3/c1-12(2)21-18-7-5-17-20(24-18)27-14(11-26-17)10-13(3)22-19-6-4-16-15(23-19)8-9-25-16/h4-7,12-14H,8-11H2,1-3H3,(H,21,24)(H,22,23). The first kappa shape index (κ1) is 17.7. The normalized spacial score (nSPS) is 18.6. The third-order valence-electron chi connectivity index (χ3n) is 4.50. The molecule has 0 fully saturated rings. The maximum atomic E-state index is 6.08. The largest absolute Gasteiger partial charge is 0.491 e. The molecule has 2 aromatic rings. The number of nitrogens with zero attached hydrogens (tertiary/aromatic N) is 2. The van der Waals surface area contributed by atoms with Gasteiger partial charge >= 0.3 is 0 Å². The molecule has 7 nitrogen and oxygen atoms in total. The van der Waals surface area contributed by atoms with Gasteiger partial charge in [-0.2, -0.15) is 4.98 Å². The Balaban J connectivity index is 1.36. The summed E-state index contributed by atoms with van der Waals surface area (Å²) in [5, 5.41) is 6.73. The van der Waals surface area contributed by atoms with Crippen LogP contribution in [0, 0.1) is 0 Å². The summed E-state index contributed by atoms with van der Waals surface area (Å²) >= 11 is 0. The van der Waals surface area contributed by atoms with Gasteiger partial charge in [-0.25, -0.2) is 4.98 Å². The van der Waals surface area contributed by atoms with Crippen molar-refractivity contribution in [2.45, 2.75) is 51.8 Å². The number of rotatable bonds is 6. The van der Waals surface area contributed by atoms with Gasteiger partial charge in [-0.3, -0.25) is 0 Å². The summed E-state index contributed by atoms with van der Waals surface area (Å²) in [6.45, 7) is 7.51. The van der Waals surface area contributed by atoms with E-state index in [1.54, 1.807) is 0 Å². The average molecular weight is 370 g/mol. The van der Waals surface area contributed by atoms with Crippen molar-refractivity contribution in [1.82, 2.24) is 9.97 Å². The van der Waals surface area contributed by atoms with Gasteiger partial charge in [0.2, 0.25) is 0 Å².